The van der Waals surface area contributed by atoms with Crippen LogP contribution in [0.1, 0.15) is 18.9 Å². The van der Waals surface area contributed by atoms with Gasteiger partial charge in [-0.1, -0.05) is 24.6 Å². The number of halogens is 2. The number of hydrogen-bond donors (Lipinski definition) is 0. The molecule has 0 N–H and O–H groups in total. The van der Waals surface area contributed by atoms with Gasteiger partial charge in [-0.2, -0.15) is 0 Å². The van der Waals surface area contributed by atoms with E-state index in [0.717, 1.165) is 6.42 Å². The SMILES string of the molecule is CC1CC1C(=O)Cc1c(F)cccc1Cl. The molecule has 1 aliphatic rings. The van der Waals surface area contributed by atoms with E-state index in [4.69, 9.17) is 11.6 Å². The maximum atomic E-state index is 13.4. The van der Waals surface area contributed by atoms with Crippen molar-refractivity contribution in [2.75, 3.05) is 0 Å². The van der Waals surface area contributed by atoms with Crippen molar-refractivity contribution in [1.29, 1.82) is 0 Å². The van der Waals surface area contributed by atoms with E-state index in [1.165, 1.54) is 6.07 Å². The average Bonchev–Trinajstić information content (AvgIpc) is 2.89. The third kappa shape index (κ3) is 2.20. The van der Waals surface area contributed by atoms with Gasteiger partial charge >= 0.3 is 0 Å². The third-order valence-electron chi connectivity index (χ3n) is 2.94. The van der Waals surface area contributed by atoms with Crippen LogP contribution in [0.2, 0.25) is 5.02 Å². The Bertz CT molecular complexity index is 382. The molecule has 15 heavy (non-hydrogen) atoms. The molecule has 0 bridgehead atoms. The summed E-state index contributed by atoms with van der Waals surface area (Å²) in [4.78, 5) is 11.7. The highest BCUT2D eigenvalue weighted by molar-refractivity contribution is 6.31. The van der Waals surface area contributed by atoms with Gasteiger partial charge in [-0.15, -0.1) is 0 Å². The second-order valence-corrected chi connectivity index (χ2v) is 4.57. The van der Waals surface area contributed by atoms with Gasteiger partial charge in [0.25, 0.3) is 0 Å². The number of Topliss-reactive ketones (excluding diaryl/α,β-unsaturated/α-hetero) is 1. The summed E-state index contributed by atoms with van der Waals surface area (Å²) in [6, 6.07) is 4.50. The van der Waals surface area contributed by atoms with E-state index in [0.29, 0.717) is 16.5 Å². The summed E-state index contributed by atoms with van der Waals surface area (Å²) < 4.78 is 13.4. The molecule has 1 aliphatic carbocycles. The smallest absolute Gasteiger partial charge is 0.140 e. The monoisotopic (exact) mass is 226 g/mol. The summed E-state index contributed by atoms with van der Waals surface area (Å²) in [6.07, 6.45) is 1.06. The van der Waals surface area contributed by atoms with E-state index in [1.807, 2.05) is 6.92 Å². The number of hydrogen-bond acceptors (Lipinski definition) is 1. The normalized spacial score (nSPS) is 23.9. The minimum absolute atomic E-state index is 0.106. The fourth-order valence-corrected chi connectivity index (χ4v) is 2.01. The van der Waals surface area contributed by atoms with E-state index in [9.17, 15) is 9.18 Å². The van der Waals surface area contributed by atoms with Gasteiger partial charge in [0, 0.05) is 22.9 Å². The van der Waals surface area contributed by atoms with Crippen molar-refractivity contribution in [1.82, 2.24) is 0 Å². The van der Waals surface area contributed by atoms with Gasteiger partial charge in [-0.05, 0) is 24.5 Å². The summed E-state index contributed by atoms with van der Waals surface area (Å²) in [5.74, 6) is 0.308. The molecule has 0 aliphatic heterocycles. The molecule has 0 radical (unpaired) electrons. The topological polar surface area (TPSA) is 17.1 Å². The molecular formula is C12H12ClFO. The Labute approximate surface area is 93.2 Å². The molecule has 2 atom stereocenters. The lowest BCUT2D eigenvalue weighted by Gasteiger charge is -2.04. The van der Waals surface area contributed by atoms with Gasteiger partial charge in [-0.3, -0.25) is 4.79 Å². The van der Waals surface area contributed by atoms with Crippen LogP contribution < -0.4 is 0 Å². The van der Waals surface area contributed by atoms with E-state index in [2.05, 4.69) is 0 Å². The zero-order valence-electron chi connectivity index (χ0n) is 8.47. The number of ketones is 1. The second kappa shape index (κ2) is 3.93. The fraction of sp³-hybridized carbons (Fsp3) is 0.417. The van der Waals surface area contributed by atoms with Crippen LogP contribution in [0.4, 0.5) is 4.39 Å². The lowest BCUT2D eigenvalue weighted by molar-refractivity contribution is -0.119. The first kappa shape index (κ1) is 10.6. The summed E-state index contributed by atoms with van der Waals surface area (Å²) in [5, 5.41) is 0.344. The molecule has 2 unspecified atom stereocenters. The predicted octanol–water partition coefficient (Wildman–Crippen LogP) is 3.25. The van der Waals surface area contributed by atoms with Crippen LogP contribution in [-0.4, -0.2) is 5.78 Å². The van der Waals surface area contributed by atoms with Crippen LogP contribution in [-0.2, 0) is 11.2 Å². The van der Waals surface area contributed by atoms with Crippen molar-refractivity contribution in [3.05, 3.63) is 34.6 Å². The van der Waals surface area contributed by atoms with Crippen molar-refractivity contribution in [3.63, 3.8) is 0 Å². The third-order valence-corrected chi connectivity index (χ3v) is 3.29. The van der Waals surface area contributed by atoms with Crippen molar-refractivity contribution in [2.45, 2.75) is 19.8 Å². The van der Waals surface area contributed by atoms with Crippen LogP contribution >= 0.6 is 11.6 Å². The molecule has 1 fully saturated rings. The molecule has 1 nitrogen and oxygen atoms in total. The molecular weight excluding hydrogens is 215 g/mol. The Morgan fingerprint density at radius 1 is 1.60 bits per heavy atom. The van der Waals surface area contributed by atoms with E-state index < -0.39 is 0 Å². The van der Waals surface area contributed by atoms with Gasteiger partial charge in [-0.25, -0.2) is 4.39 Å². The Balaban J connectivity index is 2.13. The van der Waals surface area contributed by atoms with E-state index in [1.54, 1.807) is 12.1 Å². The molecule has 0 spiro atoms. The second-order valence-electron chi connectivity index (χ2n) is 4.16. The molecule has 2 rings (SSSR count). The molecule has 0 saturated heterocycles. The van der Waals surface area contributed by atoms with Crippen molar-refractivity contribution in [3.8, 4) is 0 Å². The number of carbonyl (C=O) groups is 1. The van der Waals surface area contributed by atoms with Crippen LogP contribution in [0.3, 0.4) is 0 Å². The van der Waals surface area contributed by atoms with Gasteiger partial charge < -0.3 is 0 Å². The van der Waals surface area contributed by atoms with Gasteiger partial charge in [0.1, 0.15) is 11.6 Å². The molecule has 1 aromatic rings. The first-order valence-electron chi connectivity index (χ1n) is 5.05. The standard InChI is InChI=1S/C12H12ClFO/c1-7-5-8(7)12(15)6-9-10(13)3-2-4-11(9)14/h2-4,7-8H,5-6H2,1H3. The molecule has 1 aromatic carbocycles. The van der Waals surface area contributed by atoms with E-state index in [-0.39, 0.29) is 23.9 Å². The number of rotatable bonds is 3. The Hall–Kier alpha value is -0.890. The number of benzene rings is 1. The maximum Gasteiger partial charge on any atom is 0.140 e. The minimum atomic E-state index is -0.385. The van der Waals surface area contributed by atoms with Gasteiger partial charge in [0.05, 0.1) is 0 Å². The summed E-state index contributed by atoms with van der Waals surface area (Å²) in [5.41, 5.74) is 0.336. The van der Waals surface area contributed by atoms with Crippen LogP contribution in [0.15, 0.2) is 18.2 Å². The highest BCUT2D eigenvalue weighted by atomic mass is 35.5. The summed E-state index contributed by atoms with van der Waals surface area (Å²) in [7, 11) is 0. The quantitative estimate of drug-likeness (QED) is 0.773. The largest absolute Gasteiger partial charge is 0.299 e. The van der Waals surface area contributed by atoms with Gasteiger partial charge in [0.2, 0.25) is 0 Å². The van der Waals surface area contributed by atoms with Crippen LogP contribution in [0, 0.1) is 17.7 Å². The van der Waals surface area contributed by atoms with Crippen molar-refractivity contribution < 1.29 is 9.18 Å². The molecule has 1 saturated carbocycles. The zero-order chi connectivity index (χ0) is 11.0. The van der Waals surface area contributed by atoms with Crippen molar-refractivity contribution >= 4 is 17.4 Å². The van der Waals surface area contributed by atoms with Crippen LogP contribution in [0.25, 0.3) is 0 Å². The highest BCUT2D eigenvalue weighted by Gasteiger charge is 2.38. The summed E-state index contributed by atoms with van der Waals surface area (Å²) in [6.45, 7) is 2.03. The number of carbonyl (C=O) groups excluding carboxylic acids is 1. The fourth-order valence-electron chi connectivity index (χ4n) is 1.78. The first-order valence-corrected chi connectivity index (χ1v) is 5.43. The molecule has 0 amide bonds. The van der Waals surface area contributed by atoms with Crippen LogP contribution in [0.5, 0.6) is 0 Å². The lowest BCUT2D eigenvalue weighted by Crippen LogP contribution is -2.08. The zero-order valence-corrected chi connectivity index (χ0v) is 9.22. The molecule has 3 heteroatoms. The predicted molar refractivity (Wildman–Crippen MR) is 57.4 cm³/mol. The maximum absolute atomic E-state index is 13.4. The van der Waals surface area contributed by atoms with Crippen molar-refractivity contribution in [2.24, 2.45) is 11.8 Å². The van der Waals surface area contributed by atoms with E-state index >= 15 is 0 Å². The molecule has 0 heterocycles. The average molecular weight is 227 g/mol. The molecule has 0 aromatic heterocycles. The highest BCUT2D eigenvalue weighted by Crippen LogP contribution is 2.39. The lowest BCUT2D eigenvalue weighted by atomic mass is 10.0. The Morgan fingerprint density at radius 3 is 2.80 bits per heavy atom. The molecule has 80 valence electrons. The Morgan fingerprint density at radius 2 is 2.27 bits per heavy atom. The Kier molecular flexibility index (Phi) is 2.79. The summed E-state index contributed by atoms with van der Waals surface area (Å²) >= 11 is 5.84. The van der Waals surface area contributed by atoms with Gasteiger partial charge in [0.15, 0.2) is 0 Å². The minimum Gasteiger partial charge on any atom is -0.299 e. The first-order chi connectivity index (χ1) is 7.09.